The van der Waals surface area contributed by atoms with Crippen LogP contribution in [-0.4, -0.2) is 68.5 Å². The lowest BCUT2D eigenvalue weighted by Crippen LogP contribution is -2.45. The molecule has 9 heteroatoms. The summed E-state index contributed by atoms with van der Waals surface area (Å²) in [7, 11) is 1.21. The van der Waals surface area contributed by atoms with E-state index in [0.717, 1.165) is 89.9 Å². The van der Waals surface area contributed by atoms with Gasteiger partial charge < -0.3 is 28.8 Å². The van der Waals surface area contributed by atoms with E-state index >= 15 is 0 Å². The molecule has 2 N–H and O–H groups in total. The number of likely N-dealkylation sites (N-methyl/N-ethyl adjacent to an activating group) is 1. The number of allylic oxidation sites excluding steroid dienone is 15. The van der Waals surface area contributed by atoms with Gasteiger partial charge in [-0.2, -0.15) is 0 Å². The number of aliphatic hydroxyl groups is 1. The first-order valence-corrected chi connectivity index (χ1v) is 30.1. The van der Waals surface area contributed by atoms with Gasteiger partial charge in [-0.3, -0.25) is 9.36 Å². The van der Waals surface area contributed by atoms with E-state index in [1.807, 2.05) is 27.2 Å². The average Bonchev–Trinajstić information content (AvgIpc) is 3.32. The summed E-state index contributed by atoms with van der Waals surface area (Å²) >= 11 is 0. The fourth-order valence-corrected chi connectivity index (χ4v) is 8.52. The van der Waals surface area contributed by atoms with Crippen molar-refractivity contribution in [2.24, 2.45) is 0 Å². The first-order valence-electron chi connectivity index (χ1n) is 28.6. The largest absolute Gasteiger partial charge is 0.756 e. The van der Waals surface area contributed by atoms with Gasteiger partial charge in [-0.05, 0) is 89.9 Å². The van der Waals surface area contributed by atoms with Gasteiger partial charge in [-0.25, -0.2) is 0 Å². The Morgan fingerprint density at radius 2 is 0.886 bits per heavy atom. The topological polar surface area (TPSA) is 108 Å². The first kappa shape index (κ1) is 67.4. The van der Waals surface area contributed by atoms with Crippen molar-refractivity contribution in [3.8, 4) is 0 Å². The third-order valence-corrected chi connectivity index (χ3v) is 13.2. The summed E-state index contributed by atoms with van der Waals surface area (Å²) in [5.74, 6) is -0.225. The van der Waals surface area contributed by atoms with E-state index in [-0.39, 0.29) is 12.5 Å². The highest BCUT2D eigenvalue weighted by Gasteiger charge is 2.23. The molecule has 70 heavy (non-hydrogen) atoms. The van der Waals surface area contributed by atoms with Crippen LogP contribution >= 0.6 is 7.82 Å². The molecule has 3 atom stereocenters. The van der Waals surface area contributed by atoms with Crippen LogP contribution in [0.3, 0.4) is 0 Å². The Bertz CT molecular complexity index is 1460. The van der Waals surface area contributed by atoms with Gasteiger partial charge in [0.2, 0.25) is 5.91 Å². The Kier molecular flexibility index (Phi) is 49.4. The maximum absolute atomic E-state index is 13.0. The summed E-state index contributed by atoms with van der Waals surface area (Å²) in [5.41, 5.74) is 0. The van der Waals surface area contributed by atoms with Crippen molar-refractivity contribution >= 4 is 13.7 Å². The van der Waals surface area contributed by atoms with Crippen molar-refractivity contribution in [2.75, 3.05) is 40.9 Å². The number of phosphoric acid groups is 1. The van der Waals surface area contributed by atoms with Crippen LogP contribution in [0.25, 0.3) is 0 Å². The van der Waals surface area contributed by atoms with Gasteiger partial charge in [0, 0.05) is 6.42 Å². The molecule has 0 saturated heterocycles. The number of hydrogen-bond acceptors (Lipinski definition) is 6. The molecule has 1 amide bonds. The quantitative estimate of drug-likeness (QED) is 0.0272. The minimum Gasteiger partial charge on any atom is -0.756 e. The molecule has 0 bridgehead atoms. The van der Waals surface area contributed by atoms with E-state index < -0.39 is 26.6 Å². The number of nitrogens with one attached hydrogen (secondary N) is 1. The zero-order valence-electron chi connectivity index (χ0n) is 45.9. The smallest absolute Gasteiger partial charge is 0.268 e. The van der Waals surface area contributed by atoms with Gasteiger partial charge in [-0.15, -0.1) is 0 Å². The second-order valence-corrected chi connectivity index (χ2v) is 21.7. The van der Waals surface area contributed by atoms with Crippen LogP contribution in [0.1, 0.15) is 232 Å². The Morgan fingerprint density at radius 3 is 1.33 bits per heavy atom. The second-order valence-electron chi connectivity index (χ2n) is 20.2. The van der Waals surface area contributed by atoms with Crippen molar-refractivity contribution in [1.82, 2.24) is 5.32 Å². The third kappa shape index (κ3) is 53.2. The zero-order chi connectivity index (χ0) is 51.3. The number of nitrogens with zero attached hydrogens (tertiary/aromatic N) is 1. The number of amides is 1. The minimum absolute atomic E-state index is 0.0164. The first-order chi connectivity index (χ1) is 34.0. The van der Waals surface area contributed by atoms with Crippen LogP contribution < -0.4 is 10.2 Å². The Labute approximate surface area is 432 Å². The molecular formula is C61H109N2O6P. The molecule has 0 rings (SSSR count). The van der Waals surface area contributed by atoms with E-state index in [0.29, 0.717) is 17.4 Å². The summed E-state index contributed by atoms with van der Waals surface area (Å²) in [4.78, 5) is 25.5. The van der Waals surface area contributed by atoms with Crippen molar-refractivity contribution in [3.05, 3.63) is 97.2 Å². The molecular weight excluding hydrogens is 888 g/mol. The molecule has 0 aliphatic heterocycles. The van der Waals surface area contributed by atoms with Gasteiger partial charge in [0.1, 0.15) is 13.2 Å². The molecule has 3 unspecified atom stereocenters. The number of unbranched alkanes of at least 4 members (excludes halogenated alkanes) is 24. The number of hydrogen-bond donors (Lipinski definition) is 2. The normalized spacial score (nSPS) is 14.7. The lowest BCUT2D eigenvalue weighted by atomic mass is 10.0. The standard InChI is InChI=1S/C61H109N2O6P/c1-6-8-10-12-14-16-18-20-22-24-26-28-30-31-33-34-36-38-40-42-44-46-48-50-52-54-60(64)59(58-69-70(66,67)68-57-56-63(3,4)5)62-61(65)55-53-51-49-47-45-43-41-39-37-35-32-29-27-25-23-21-19-17-15-13-11-9-7-2/h9,11,15,17,21,23,27,29,35-38,44,46,52,54,59-60,64H,6-8,10,12-14,16,18-20,22,24-26,28,30-34,39-43,45,47-51,53,55-58H2,1-5H3,(H-,62,65,66,67)/b11-9-,17-15-,23-21-,29-27-,37-35-,38-36+,46-44+,54-52+. The van der Waals surface area contributed by atoms with Crippen molar-refractivity contribution in [2.45, 2.75) is 244 Å². The van der Waals surface area contributed by atoms with E-state index in [1.165, 1.54) is 122 Å². The number of aliphatic hydroxyl groups excluding tert-OH is 1. The van der Waals surface area contributed by atoms with Crippen LogP contribution in [0.5, 0.6) is 0 Å². The van der Waals surface area contributed by atoms with Crippen molar-refractivity contribution in [3.63, 3.8) is 0 Å². The molecule has 0 spiro atoms. The summed E-state index contributed by atoms with van der Waals surface area (Å²) in [6.45, 7) is 4.50. The number of carbonyl (C=O) groups excluding carboxylic acids is 1. The number of rotatable bonds is 51. The summed E-state index contributed by atoms with van der Waals surface area (Å²) in [5, 5.41) is 13.9. The molecule has 0 aliphatic rings. The predicted octanol–water partition coefficient (Wildman–Crippen LogP) is 16.8. The minimum atomic E-state index is -4.62. The molecule has 0 aliphatic carbocycles. The molecule has 0 radical (unpaired) electrons. The third-order valence-electron chi connectivity index (χ3n) is 12.3. The van der Waals surface area contributed by atoms with Crippen LogP contribution in [0, 0.1) is 0 Å². The molecule has 0 heterocycles. The SMILES string of the molecule is CC/C=C\C/C=C\C/C=C\C/C=C\C/C=C\CCCCCCCCCC(=O)NC(COP(=O)([O-])OCC[N+](C)(C)C)C(O)/C=C/CC/C=C/CC/C=C/CCCCCCCCCCCCCCCCC. The van der Waals surface area contributed by atoms with Gasteiger partial charge in [0.15, 0.2) is 0 Å². The highest BCUT2D eigenvalue weighted by atomic mass is 31.2. The van der Waals surface area contributed by atoms with Crippen LogP contribution in [0.4, 0.5) is 0 Å². The average molecular weight is 998 g/mol. The van der Waals surface area contributed by atoms with Crippen LogP contribution in [0.15, 0.2) is 97.2 Å². The summed E-state index contributed by atoms with van der Waals surface area (Å²) in [6.07, 6.45) is 73.4. The van der Waals surface area contributed by atoms with E-state index in [9.17, 15) is 19.4 Å². The molecule has 8 nitrogen and oxygen atoms in total. The summed E-state index contributed by atoms with van der Waals surface area (Å²) < 4.78 is 23.3. The van der Waals surface area contributed by atoms with Crippen molar-refractivity contribution < 1.29 is 32.9 Å². The molecule has 0 aromatic carbocycles. The number of carbonyl (C=O) groups is 1. The van der Waals surface area contributed by atoms with Gasteiger partial charge in [0.05, 0.1) is 39.9 Å². The van der Waals surface area contributed by atoms with Gasteiger partial charge in [0.25, 0.3) is 7.82 Å². The highest BCUT2D eigenvalue weighted by molar-refractivity contribution is 7.45. The highest BCUT2D eigenvalue weighted by Crippen LogP contribution is 2.38. The Hall–Kier alpha value is -2.58. The lowest BCUT2D eigenvalue weighted by molar-refractivity contribution is -0.870. The van der Waals surface area contributed by atoms with E-state index in [1.54, 1.807) is 6.08 Å². The fourth-order valence-electron chi connectivity index (χ4n) is 7.80. The fraction of sp³-hybridized carbons (Fsp3) is 0.721. The molecule has 0 saturated carbocycles. The van der Waals surface area contributed by atoms with E-state index in [2.05, 4.69) is 104 Å². The zero-order valence-corrected chi connectivity index (χ0v) is 46.8. The summed E-state index contributed by atoms with van der Waals surface area (Å²) in [6, 6.07) is -0.923. The maximum atomic E-state index is 13.0. The Morgan fingerprint density at radius 1 is 0.514 bits per heavy atom. The number of phosphoric ester groups is 1. The van der Waals surface area contributed by atoms with Crippen LogP contribution in [-0.2, 0) is 18.4 Å². The van der Waals surface area contributed by atoms with Crippen molar-refractivity contribution in [1.29, 1.82) is 0 Å². The monoisotopic (exact) mass is 997 g/mol. The molecule has 0 fully saturated rings. The lowest BCUT2D eigenvalue weighted by Gasteiger charge is -2.29. The predicted molar refractivity (Wildman–Crippen MR) is 302 cm³/mol. The molecule has 0 aromatic heterocycles. The molecule has 404 valence electrons. The van der Waals surface area contributed by atoms with Crippen LogP contribution in [0.2, 0.25) is 0 Å². The van der Waals surface area contributed by atoms with Gasteiger partial charge in [-0.1, -0.05) is 233 Å². The molecule has 0 aromatic rings. The maximum Gasteiger partial charge on any atom is 0.268 e. The van der Waals surface area contributed by atoms with E-state index in [4.69, 9.17) is 9.05 Å². The second kappa shape index (κ2) is 51.3. The number of quaternary nitrogens is 1. The van der Waals surface area contributed by atoms with Gasteiger partial charge >= 0.3 is 0 Å². The Balaban J connectivity index is 4.35.